The number of nitrogens with zero attached hydrogens (tertiary/aromatic N) is 1. The predicted octanol–water partition coefficient (Wildman–Crippen LogP) is 4.76. The van der Waals surface area contributed by atoms with Gasteiger partial charge in [-0.25, -0.2) is 0 Å². The summed E-state index contributed by atoms with van der Waals surface area (Å²) in [6, 6.07) is 21.4. The Balaban J connectivity index is 1.74. The first-order chi connectivity index (χ1) is 11.2. The Bertz CT molecular complexity index is 625. The van der Waals surface area contributed by atoms with Crippen LogP contribution in [-0.4, -0.2) is 24.2 Å². The predicted molar refractivity (Wildman–Crippen MR) is 95.3 cm³/mol. The van der Waals surface area contributed by atoms with Crippen molar-refractivity contribution in [3.05, 3.63) is 84.4 Å². The van der Waals surface area contributed by atoms with Crippen LogP contribution in [0.1, 0.15) is 36.5 Å². The smallest absolute Gasteiger partial charge is 0.112 e. The summed E-state index contributed by atoms with van der Waals surface area (Å²) in [6.07, 6.45) is 3.20. The molecule has 3 rings (SSSR count). The molecule has 2 nitrogen and oxygen atoms in total. The fourth-order valence-corrected chi connectivity index (χ4v) is 3.36. The molecular formula is C21H25NO. The Hall–Kier alpha value is -1.90. The molecule has 0 radical (unpaired) electrons. The maximum absolute atomic E-state index is 6.40. The van der Waals surface area contributed by atoms with Gasteiger partial charge in [-0.1, -0.05) is 66.7 Å². The number of ether oxygens (including phenoxy) is 1. The molecule has 1 heterocycles. The lowest BCUT2D eigenvalue weighted by Crippen LogP contribution is -2.32. The summed E-state index contributed by atoms with van der Waals surface area (Å²) in [5.74, 6) is 0.311. The van der Waals surface area contributed by atoms with Gasteiger partial charge in [-0.2, -0.15) is 0 Å². The minimum absolute atomic E-state index is 0.110. The molecule has 0 bridgehead atoms. The summed E-state index contributed by atoms with van der Waals surface area (Å²) in [6.45, 7) is 6.27. The second kappa shape index (κ2) is 7.12. The molecule has 1 saturated heterocycles. The van der Waals surface area contributed by atoms with Crippen LogP contribution in [0.2, 0.25) is 0 Å². The lowest BCUT2D eigenvalue weighted by molar-refractivity contribution is -0.000325. The van der Waals surface area contributed by atoms with E-state index >= 15 is 0 Å². The van der Waals surface area contributed by atoms with E-state index < -0.39 is 0 Å². The van der Waals surface area contributed by atoms with Crippen molar-refractivity contribution >= 4 is 0 Å². The van der Waals surface area contributed by atoms with Crippen LogP contribution < -0.4 is 0 Å². The summed E-state index contributed by atoms with van der Waals surface area (Å²) in [7, 11) is 2.16. The van der Waals surface area contributed by atoms with E-state index in [9.17, 15) is 0 Å². The first kappa shape index (κ1) is 16.0. The Morgan fingerprint density at radius 1 is 1.09 bits per heavy atom. The van der Waals surface area contributed by atoms with Gasteiger partial charge >= 0.3 is 0 Å². The average molecular weight is 307 g/mol. The maximum atomic E-state index is 6.40. The molecule has 0 spiro atoms. The molecule has 0 amide bonds. The molecular weight excluding hydrogens is 282 g/mol. The lowest BCUT2D eigenvalue weighted by atomic mass is 9.95. The van der Waals surface area contributed by atoms with Gasteiger partial charge in [0.05, 0.1) is 6.10 Å². The highest BCUT2D eigenvalue weighted by Gasteiger charge is 2.38. The van der Waals surface area contributed by atoms with Crippen LogP contribution in [0, 0.1) is 0 Å². The molecule has 1 aliphatic heterocycles. The zero-order chi connectivity index (χ0) is 16.2. The van der Waals surface area contributed by atoms with Gasteiger partial charge in [0.1, 0.15) is 6.23 Å². The molecule has 4 atom stereocenters. The summed E-state index contributed by atoms with van der Waals surface area (Å²) < 4.78 is 6.40. The van der Waals surface area contributed by atoms with Crippen LogP contribution in [0.4, 0.5) is 0 Å². The first-order valence-electron chi connectivity index (χ1n) is 8.30. The van der Waals surface area contributed by atoms with E-state index in [0.717, 1.165) is 6.42 Å². The van der Waals surface area contributed by atoms with E-state index in [1.807, 2.05) is 12.1 Å². The van der Waals surface area contributed by atoms with Gasteiger partial charge < -0.3 is 4.74 Å². The van der Waals surface area contributed by atoms with Crippen LogP contribution in [0.5, 0.6) is 0 Å². The highest BCUT2D eigenvalue weighted by Crippen LogP contribution is 2.37. The molecule has 0 saturated carbocycles. The summed E-state index contributed by atoms with van der Waals surface area (Å²) >= 11 is 0. The van der Waals surface area contributed by atoms with Crippen molar-refractivity contribution in [1.82, 2.24) is 4.90 Å². The van der Waals surface area contributed by atoms with E-state index in [1.165, 1.54) is 11.1 Å². The molecule has 1 fully saturated rings. The number of hydrogen-bond acceptors (Lipinski definition) is 2. The fraction of sp³-hybridized carbons (Fsp3) is 0.333. The fourth-order valence-electron chi connectivity index (χ4n) is 3.36. The molecule has 0 aliphatic carbocycles. The topological polar surface area (TPSA) is 12.5 Å². The lowest BCUT2D eigenvalue weighted by Gasteiger charge is -2.24. The quantitative estimate of drug-likeness (QED) is 0.738. The summed E-state index contributed by atoms with van der Waals surface area (Å²) in [5, 5.41) is 0. The second-order valence-electron chi connectivity index (χ2n) is 6.32. The van der Waals surface area contributed by atoms with Crippen molar-refractivity contribution in [2.45, 2.75) is 37.6 Å². The number of allylic oxidation sites excluding steroid dienone is 1. The van der Waals surface area contributed by atoms with Crippen molar-refractivity contribution < 1.29 is 4.74 Å². The van der Waals surface area contributed by atoms with E-state index in [0.29, 0.717) is 12.0 Å². The van der Waals surface area contributed by atoms with Gasteiger partial charge in [0, 0.05) is 12.0 Å². The van der Waals surface area contributed by atoms with Crippen LogP contribution in [0.3, 0.4) is 0 Å². The van der Waals surface area contributed by atoms with E-state index in [2.05, 4.69) is 80.0 Å². The second-order valence-corrected chi connectivity index (χ2v) is 6.32. The minimum Gasteiger partial charge on any atom is -0.354 e. The molecule has 2 aromatic carbocycles. The third kappa shape index (κ3) is 3.39. The number of benzene rings is 2. The monoisotopic (exact) mass is 307 g/mol. The molecule has 0 unspecified atom stereocenters. The van der Waals surface area contributed by atoms with Crippen molar-refractivity contribution in [2.24, 2.45) is 0 Å². The molecule has 120 valence electrons. The number of rotatable bonds is 5. The van der Waals surface area contributed by atoms with Crippen molar-refractivity contribution in [1.29, 1.82) is 0 Å². The SMILES string of the molecule is C=C[C@H](C[C@@H]1O[C@H](c2ccccc2)[C@H](C)N1C)c1ccccc1. The number of likely N-dealkylation sites (N-methyl/N-ethyl adjacent to an activating group) is 1. The van der Waals surface area contributed by atoms with Crippen molar-refractivity contribution in [3.8, 4) is 0 Å². The normalized spacial score (nSPS) is 26.1. The standard InChI is InChI=1S/C21H25NO/c1-4-17(18-11-7-5-8-12-18)15-20-22(3)16(2)21(23-20)19-13-9-6-10-14-19/h4-14,16-17,20-21H,1,15H2,2-3H3/t16-,17+,20-,21-/m0/s1. The third-order valence-corrected chi connectivity index (χ3v) is 4.93. The zero-order valence-electron chi connectivity index (χ0n) is 13.9. The van der Waals surface area contributed by atoms with Gasteiger partial charge in [0.2, 0.25) is 0 Å². The summed E-state index contributed by atoms with van der Waals surface area (Å²) in [4.78, 5) is 2.34. The van der Waals surface area contributed by atoms with Crippen molar-refractivity contribution in [3.63, 3.8) is 0 Å². The molecule has 23 heavy (non-hydrogen) atoms. The Morgan fingerprint density at radius 2 is 1.70 bits per heavy atom. The Morgan fingerprint density at radius 3 is 2.30 bits per heavy atom. The molecule has 1 aliphatic rings. The maximum Gasteiger partial charge on any atom is 0.112 e. The highest BCUT2D eigenvalue weighted by molar-refractivity contribution is 5.24. The van der Waals surface area contributed by atoms with E-state index in [1.54, 1.807) is 0 Å². The van der Waals surface area contributed by atoms with E-state index in [-0.39, 0.29) is 12.3 Å². The van der Waals surface area contributed by atoms with Crippen LogP contribution in [0.25, 0.3) is 0 Å². The largest absolute Gasteiger partial charge is 0.354 e. The molecule has 2 heteroatoms. The molecule has 0 N–H and O–H groups in total. The molecule has 0 aromatic heterocycles. The third-order valence-electron chi connectivity index (χ3n) is 4.93. The van der Waals surface area contributed by atoms with Crippen LogP contribution in [0.15, 0.2) is 73.3 Å². The molecule has 2 aromatic rings. The van der Waals surface area contributed by atoms with Crippen LogP contribution >= 0.6 is 0 Å². The zero-order valence-corrected chi connectivity index (χ0v) is 13.9. The van der Waals surface area contributed by atoms with E-state index in [4.69, 9.17) is 4.74 Å². The Labute approximate surface area is 139 Å². The van der Waals surface area contributed by atoms with Gasteiger partial charge in [0.25, 0.3) is 0 Å². The van der Waals surface area contributed by atoms with Crippen molar-refractivity contribution in [2.75, 3.05) is 7.05 Å². The minimum atomic E-state index is 0.110. The van der Waals surface area contributed by atoms with Gasteiger partial charge in [-0.05, 0) is 31.5 Å². The first-order valence-corrected chi connectivity index (χ1v) is 8.30. The van der Waals surface area contributed by atoms with Gasteiger partial charge in [0.15, 0.2) is 0 Å². The van der Waals surface area contributed by atoms with Crippen LogP contribution in [-0.2, 0) is 4.74 Å². The Kier molecular flexibility index (Phi) is 4.94. The summed E-state index contributed by atoms with van der Waals surface area (Å²) in [5.41, 5.74) is 2.56. The van der Waals surface area contributed by atoms with Gasteiger partial charge in [-0.15, -0.1) is 6.58 Å². The average Bonchev–Trinajstić information content (AvgIpc) is 2.89. The van der Waals surface area contributed by atoms with Gasteiger partial charge in [-0.3, -0.25) is 4.90 Å². The highest BCUT2D eigenvalue weighted by atomic mass is 16.5. The number of hydrogen-bond donors (Lipinski definition) is 0.